The minimum atomic E-state index is -1.55. The van der Waals surface area contributed by atoms with E-state index in [1.807, 2.05) is 0 Å². The first-order valence-electron chi connectivity index (χ1n) is 10.5. The van der Waals surface area contributed by atoms with Crippen LogP contribution in [0, 0.1) is 0 Å². The third kappa shape index (κ3) is 5.02. The zero-order valence-corrected chi connectivity index (χ0v) is 18.5. The molecular weight excluding hydrogens is 472 g/mol. The third-order valence-corrected chi connectivity index (χ3v) is 5.35. The van der Waals surface area contributed by atoms with E-state index in [1.165, 1.54) is 54.6 Å². The van der Waals surface area contributed by atoms with Crippen molar-refractivity contribution in [2.24, 2.45) is 0 Å². The summed E-state index contributed by atoms with van der Waals surface area (Å²) in [7, 11) is 0. The fraction of sp³-hybridized carbons (Fsp3) is 0.0769. The molecule has 0 saturated carbocycles. The topological polar surface area (TPSA) is 178 Å². The van der Waals surface area contributed by atoms with E-state index in [-0.39, 0.29) is 40.8 Å². The van der Waals surface area contributed by atoms with Gasteiger partial charge >= 0.3 is 11.9 Å². The van der Waals surface area contributed by atoms with Gasteiger partial charge in [0.05, 0.1) is 0 Å². The molecule has 1 aromatic heterocycles. The van der Waals surface area contributed by atoms with Crippen molar-refractivity contribution >= 4 is 29.0 Å². The molecule has 0 aliphatic rings. The molecule has 0 fully saturated rings. The molecule has 4 aromatic rings. The summed E-state index contributed by atoms with van der Waals surface area (Å²) in [6.07, 6.45) is 0.600. The Morgan fingerprint density at radius 1 is 0.833 bits per heavy atom. The maximum Gasteiger partial charge on any atom is 0.345 e. The molecule has 10 nitrogen and oxygen atoms in total. The number of fused-ring (bicyclic) bond motifs is 1. The van der Waals surface area contributed by atoms with Crippen molar-refractivity contribution < 1.29 is 49.4 Å². The Labute approximate surface area is 203 Å². The highest BCUT2D eigenvalue weighted by molar-refractivity contribution is 5.97. The molecule has 0 aliphatic carbocycles. The van der Waals surface area contributed by atoms with E-state index in [4.69, 9.17) is 9.15 Å². The highest BCUT2D eigenvalue weighted by atomic mass is 16.6. The van der Waals surface area contributed by atoms with Crippen LogP contribution in [0.5, 0.6) is 28.7 Å². The van der Waals surface area contributed by atoms with Crippen LogP contribution in [-0.4, -0.2) is 48.7 Å². The predicted octanol–water partition coefficient (Wildman–Crippen LogP) is 3.88. The van der Waals surface area contributed by atoms with Crippen LogP contribution < -0.4 is 0 Å². The van der Waals surface area contributed by atoms with Gasteiger partial charge in [-0.3, -0.25) is 0 Å². The van der Waals surface area contributed by atoms with E-state index >= 15 is 0 Å². The number of aromatic hydroxyl groups is 5. The lowest BCUT2D eigenvalue weighted by Gasteiger charge is -2.13. The van der Waals surface area contributed by atoms with Crippen LogP contribution >= 0.6 is 0 Å². The summed E-state index contributed by atoms with van der Waals surface area (Å²) in [5.74, 6) is -3.68. The molecule has 1 heterocycles. The van der Waals surface area contributed by atoms with Crippen LogP contribution in [0.4, 0.5) is 0 Å². The maximum absolute atomic E-state index is 12.4. The Hall–Kier alpha value is -5.12. The molecule has 1 atom stereocenters. The van der Waals surface area contributed by atoms with Crippen LogP contribution in [0.15, 0.2) is 65.1 Å². The Bertz CT molecular complexity index is 1500. The van der Waals surface area contributed by atoms with Crippen LogP contribution in [0.25, 0.3) is 28.4 Å². The van der Waals surface area contributed by atoms with E-state index in [9.17, 15) is 40.2 Å². The summed E-state index contributed by atoms with van der Waals surface area (Å²) >= 11 is 0. The molecule has 184 valence electrons. The second-order valence-corrected chi connectivity index (χ2v) is 7.86. The summed E-state index contributed by atoms with van der Waals surface area (Å²) < 4.78 is 10.7. The van der Waals surface area contributed by atoms with Gasteiger partial charge in [-0.2, -0.15) is 0 Å². The molecule has 0 bridgehead atoms. The summed E-state index contributed by atoms with van der Waals surface area (Å²) in [5, 5.41) is 58.3. The molecule has 0 spiro atoms. The van der Waals surface area contributed by atoms with Crippen molar-refractivity contribution in [1.29, 1.82) is 0 Å². The summed E-state index contributed by atoms with van der Waals surface area (Å²) in [6, 6.07) is 12.3. The normalized spacial score (nSPS) is 12.1. The van der Waals surface area contributed by atoms with Gasteiger partial charge in [-0.15, -0.1) is 0 Å². The van der Waals surface area contributed by atoms with Gasteiger partial charge in [0, 0.05) is 23.4 Å². The van der Waals surface area contributed by atoms with Crippen LogP contribution in [-0.2, 0) is 20.7 Å². The lowest BCUT2D eigenvalue weighted by molar-refractivity contribution is -0.160. The van der Waals surface area contributed by atoms with Crippen LogP contribution in [0.1, 0.15) is 11.1 Å². The minimum absolute atomic E-state index is 0.114. The van der Waals surface area contributed by atoms with Crippen molar-refractivity contribution in [2.45, 2.75) is 12.5 Å². The largest absolute Gasteiger partial charge is 0.504 e. The van der Waals surface area contributed by atoms with E-state index < -0.39 is 23.8 Å². The number of furan rings is 1. The smallest absolute Gasteiger partial charge is 0.345 e. The van der Waals surface area contributed by atoms with Crippen molar-refractivity contribution in [1.82, 2.24) is 0 Å². The van der Waals surface area contributed by atoms with Gasteiger partial charge in [-0.05, 0) is 59.7 Å². The van der Waals surface area contributed by atoms with Crippen molar-refractivity contribution in [3.05, 3.63) is 71.8 Å². The lowest BCUT2D eigenvalue weighted by Crippen LogP contribution is -2.28. The number of carboxylic acids is 1. The minimum Gasteiger partial charge on any atom is -0.504 e. The first-order valence-corrected chi connectivity index (χ1v) is 10.5. The lowest BCUT2D eigenvalue weighted by atomic mass is 10.1. The maximum atomic E-state index is 12.4. The zero-order valence-electron chi connectivity index (χ0n) is 18.5. The molecule has 10 heteroatoms. The molecule has 36 heavy (non-hydrogen) atoms. The quantitative estimate of drug-likeness (QED) is 0.126. The number of hydrogen-bond acceptors (Lipinski definition) is 9. The SMILES string of the molecule is O=C(/C=C\c1ccc(O)c2oc(-c3ccc(O)c(O)c3)cc12)OC(Cc1ccc(O)c(O)c1)C(=O)O. The number of ether oxygens (including phenoxy) is 1. The van der Waals surface area contributed by atoms with E-state index in [0.29, 0.717) is 22.1 Å². The van der Waals surface area contributed by atoms with Crippen molar-refractivity contribution in [2.75, 3.05) is 0 Å². The van der Waals surface area contributed by atoms with Crippen molar-refractivity contribution in [3.8, 4) is 40.1 Å². The molecule has 0 saturated heterocycles. The van der Waals surface area contributed by atoms with Crippen molar-refractivity contribution in [3.63, 3.8) is 0 Å². The van der Waals surface area contributed by atoms with Gasteiger partial charge in [0.1, 0.15) is 5.76 Å². The number of phenols is 5. The van der Waals surface area contributed by atoms with Gasteiger partial charge in [0.2, 0.25) is 6.10 Å². The highest BCUT2D eigenvalue weighted by Gasteiger charge is 2.22. The molecule has 4 rings (SSSR count). The standard InChI is InChI=1S/C26H20O10/c27-17-5-1-13(9-20(17)30)10-23(26(33)34)35-24(32)8-4-14-2-7-19(29)25-16(14)12-22(36-25)15-3-6-18(28)21(31)11-15/h1-9,11-12,23,27-31H,10H2,(H,33,34)/b8-4-. The molecule has 0 amide bonds. The zero-order chi connectivity index (χ0) is 26.0. The average molecular weight is 492 g/mol. The van der Waals surface area contributed by atoms with Gasteiger partial charge in [-0.25, -0.2) is 9.59 Å². The molecule has 6 N–H and O–H groups in total. The highest BCUT2D eigenvalue weighted by Crippen LogP contribution is 2.38. The Balaban J connectivity index is 1.56. The number of benzene rings is 3. The van der Waals surface area contributed by atoms with Gasteiger partial charge in [0.15, 0.2) is 34.3 Å². The Morgan fingerprint density at radius 2 is 1.50 bits per heavy atom. The van der Waals surface area contributed by atoms with E-state index in [1.54, 1.807) is 6.07 Å². The molecule has 0 aliphatic heterocycles. The van der Waals surface area contributed by atoms with Crippen LogP contribution in [0.2, 0.25) is 0 Å². The number of carboxylic acid groups (broad SMARTS) is 1. The molecule has 0 radical (unpaired) electrons. The summed E-state index contributed by atoms with van der Waals surface area (Å²) in [6.45, 7) is 0. The number of esters is 1. The fourth-order valence-corrected chi connectivity index (χ4v) is 3.52. The second-order valence-electron chi connectivity index (χ2n) is 7.86. The molecular formula is C26H20O10. The Kier molecular flexibility index (Phi) is 6.42. The predicted molar refractivity (Wildman–Crippen MR) is 127 cm³/mol. The van der Waals surface area contributed by atoms with Gasteiger partial charge in [0.25, 0.3) is 0 Å². The monoisotopic (exact) mass is 492 g/mol. The first kappa shape index (κ1) is 24.0. The first-order chi connectivity index (χ1) is 17.1. The second kappa shape index (κ2) is 9.63. The average Bonchev–Trinajstić information content (AvgIpc) is 3.29. The number of carbonyl (C=O) groups excluding carboxylic acids is 1. The number of aliphatic carboxylic acids is 1. The summed E-state index contributed by atoms with van der Waals surface area (Å²) in [5.41, 5.74) is 1.33. The van der Waals surface area contributed by atoms with E-state index in [0.717, 1.165) is 6.08 Å². The fourth-order valence-electron chi connectivity index (χ4n) is 3.52. The molecule has 3 aromatic carbocycles. The molecule has 1 unspecified atom stereocenters. The number of hydrogen-bond donors (Lipinski definition) is 6. The number of rotatable bonds is 7. The van der Waals surface area contributed by atoms with Gasteiger partial charge < -0.3 is 39.8 Å². The Morgan fingerprint density at radius 3 is 2.17 bits per heavy atom. The van der Waals surface area contributed by atoms with Gasteiger partial charge in [-0.1, -0.05) is 12.1 Å². The number of carbonyl (C=O) groups is 2. The van der Waals surface area contributed by atoms with Crippen LogP contribution in [0.3, 0.4) is 0 Å². The number of phenolic OH excluding ortho intramolecular Hbond substituents is 5. The third-order valence-electron chi connectivity index (χ3n) is 5.35. The van der Waals surface area contributed by atoms with E-state index in [2.05, 4.69) is 0 Å². The summed E-state index contributed by atoms with van der Waals surface area (Å²) in [4.78, 5) is 23.9.